The standard InChI is InChI=1S/C17H16O4S/c1-11-9-13(17(20)21-2)5-8-15(11)22-14-6-3-12(4-7-14)10-16(18)19/h3-9H,10H2,1-2H3,(H,18,19). The van der Waals surface area contributed by atoms with Crippen LogP contribution in [0.15, 0.2) is 52.3 Å². The predicted octanol–water partition coefficient (Wildman–Crippen LogP) is 3.56. The van der Waals surface area contributed by atoms with Gasteiger partial charge in [-0.2, -0.15) is 0 Å². The summed E-state index contributed by atoms with van der Waals surface area (Å²) in [5.41, 5.74) is 2.29. The highest BCUT2D eigenvalue weighted by atomic mass is 32.2. The minimum Gasteiger partial charge on any atom is -0.481 e. The van der Waals surface area contributed by atoms with Crippen LogP contribution in [0.5, 0.6) is 0 Å². The molecule has 0 bridgehead atoms. The molecule has 0 aliphatic carbocycles. The number of carboxylic acid groups (broad SMARTS) is 1. The van der Waals surface area contributed by atoms with Crippen molar-refractivity contribution >= 4 is 23.7 Å². The van der Waals surface area contributed by atoms with Crippen LogP contribution in [0.2, 0.25) is 0 Å². The van der Waals surface area contributed by atoms with Crippen LogP contribution in [0.4, 0.5) is 0 Å². The molecule has 0 fully saturated rings. The van der Waals surface area contributed by atoms with Gasteiger partial charge in [-0.25, -0.2) is 4.79 Å². The zero-order valence-electron chi connectivity index (χ0n) is 12.3. The minimum absolute atomic E-state index is 0.0256. The van der Waals surface area contributed by atoms with E-state index in [0.717, 1.165) is 20.9 Å². The summed E-state index contributed by atoms with van der Waals surface area (Å²) in [6, 6.07) is 12.8. The van der Waals surface area contributed by atoms with E-state index in [1.54, 1.807) is 23.9 Å². The van der Waals surface area contributed by atoms with Crippen molar-refractivity contribution in [3.63, 3.8) is 0 Å². The van der Waals surface area contributed by atoms with Crippen molar-refractivity contribution < 1.29 is 19.4 Å². The minimum atomic E-state index is -0.838. The summed E-state index contributed by atoms with van der Waals surface area (Å²) >= 11 is 1.57. The number of aryl methyl sites for hydroxylation is 1. The predicted molar refractivity (Wildman–Crippen MR) is 84.4 cm³/mol. The molecule has 0 saturated heterocycles. The van der Waals surface area contributed by atoms with Gasteiger partial charge in [-0.15, -0.1) is 0 Å². The Morgan fingerprint density at radius 2 is 1.82 bits per heavy atom. The van der Waals surface area contributed by atoms with E-state index in [0.29, 0.717) is 5.56 Å². The van der Waals surface area contributed by atoms with Crippen molar-refractivity contribution in [2.24, 2.45) is 0 Å². The van der Waals surface area contributed by atoms with E-state index < -0.39 is 5.97 Å². The number of carbonyl (C=O) groups is 2. The fourth-order valence-electron chi connectivity index (χ4n) is 1.99. The van der Waals surface area contributed by atoms with Crippen LogP contribution >= 0.6 is 11.8 Å². The second-order valence-corrected chi connectivity index (χ2v) is 5.90. The molecule has 2 aromatic carbocycles. The fraction of sp³-hybridized carbons (Fsp3) is 0.176. The Bertz CT molecular complexity index is 692. The molecule has 0 aliphatic heterocycles. The van der Waals surface area contributed by atoms with Crippen molar-refractivity contribution in [2.75, 3.05) is 7.11 Å². The Kier molecular flexibility index (Phi) is 5.22. The van der Waals surface area contributed by atoms with Gasteiger partial charge in [0.2, 0.25) is 0 Å². The largest absolute Gasteiger partial charge is 0.481 e. The van der Waals surface area contributed by atoms with Gasteiger partial charge in [-0.3, -0.25) is 4.79 Å². The molecule has 0 amide bonds. The SMILES string of the molecule is COC(=O)c1ccc(Sc2ccc(CC(=O)O)cc2)c(C)c1. The lowest BCUT2D eigenvalue weighted by atomic mass is 10.1. The smallest absolute Gasteiger partial charge is 0.337 e. The maximum atomic E-state index is 11.5. The summed E-state index contributed by atoms with van der Waals surface area (Å²) < 4.78 is 4.70. The number of ether oxygens (including phenoxy) is 1. The summed E-state index contributed by atoms with van der Waals surface area (Å²) in [5.74, 6) is -1.19. The first kappa shape index (κ1) is 16.1. The van der Waals surface area contributed by atoms with E-state index in [4.69, 9.17) is 9.84 Å². The molecule has 114 valence electrons. The van der Waals surface area contributed by atoms with E-state index >= 15 is 0 Å². The first-order valence-electron chi connectivity index (χ1n) is 6.67. The molecule has 22 heavy (non-hydrogen) atoms. The lowest BCUT2D eigenvalue weighted by Crippen LogP contribution is -2.01. The molecule has 0 spiro atoms. The van der Waals surface area contributed by atoms with Crippen molar-refractivity contribution in [3.8, 4) is 0 Å². The fourth-order valence-corrected chi connectivity index (χ4v) is 2.87. The number of carboxylic acids is 1. The number of carbonyl (C=O) groups excluding carboxylic acids is 1. The van der Waals surface area contributed by atoms with Gasteiger partial charge in [-0.05, 0) is 48.4 Å². The quantitative estimate of drug-likeness (QED) is 0.855. The molecular weight excluding hydrogens is 300 g/mol. The first-order chi connectivity index (χ1) is 10.5. The number of hydrogen-bond donors (Lipinski definition) is 1. The molecular formula is C17H16O4S. The van der Waals surface area contributed by atoms with Crippen LogP contribution in [0.25, 0.3) is 0 Å². The monoisotopic (exact) mass is 316 g/mol. The summed E-state index contributed by atoms with van der Waals surface area (Å²) in [6.07, 6.45) is 0.0256. The van der Waals surface area contributed by atoms with Crippen molar-refractivity contribution in [1.82, 2.24) is 0 Å². The van der Waals surface area contributed by atoms with E-state index in [-0.39, 0.29) is 12.4 Å². The summed E-state index contributed by atoms with van der Waals surface area (Å²) in [7, 11) is 1.36. The van der Waals surface area contributed by atoms with Crippen molar-refractivity contribution in [3.05, 3.63) is 59.2 Å². The molecule has 0 radical (unpaired) electrons. The van der Waals surface area contributed by atoms with Crippen LogP contribution in [-0.2, 0) is 16.0 Å². The molecule has 0 unspecified atom stereocenters. The highest BCUT2D eigenvalue weighted by molar-refractivity contribution is 7.99. The van der Waals surface area contributed by atoms with Gasteiger partial charge >= 0.3 is 11.9 Å². The third-order valence-corrected chi connectivity index (χ3v) is 4.29. The topological polar surface area (TPSA) is 63.6 Å². The zero-order valence-corrected chi connectivity index (χ0v) is 13.1. The van der Waals surface area contributed by atoms with E-state index in [9.17, 15) is 9.59 Å². The molecule has 0 heterocycles. The number of esters is 1. The Balaban J connectivity index is 2.13. The van der Waals surface area contributed by atoms with Crippen LogP contribution in [0.3, 0.4) is 0 Å². The highest BCUT2D eigenvalue weighted by Crippen LogP contribution is 2.31. The average Bonchev–Trinajstić information content (AvgIpc) is 2.50. The number of benzene rings is 2. The second-order valence-electron chi connectivity index (χ2n) is 4.79. The van der Waals surface area contributed by atoms with Crippen LogP contribution in [0.1, 0.15) is 21.5 Å². The van der Waals surface area contributed by atoms with Gasteiger partial charge in [0.05, 0.1) is 19.1 Å². The molecule has 0 aromatic heterocycles. The van der Waals surface area contributed by atoms with E-state index in [1.165, 1.54) is 7.11 Å². The molecule has 0 aliphatic rings. The Morgan fingerprint density at radius 1 is 1.14 bits per heavy atom. The summed E-state index contributed by atoms with van der Waals surface area (Å²) in [5, 5.41) is 8.76. The van der Waals surface area contributed by atoms with Gasteiger partial charge in [0.15, 0.2) is 0 Å². The number of aliphatic carboxylic acids is 1. The summed E-state index contributed by atoms with van der Waals surface area (Å²) in [6.45, 7) is 1.94. The number of hydrogen-bond acceptors (Lipinski definition) is 4. The third-order valence-electron chi connectivity index (χ3n) is 3.10. The first-order valence-corrected chi connectivity index (χ1v) is 7.49. The third kappa shape index (κ3) is 4.11. The van der Waals surface area contributed by atoms with E-state index in [2.05, 4.69) is 0 Å². The van der Waals surface area contributed by atoms with Crippen molar-refractivity contribution in [2.45, 2.75) is 23.1 Å². The summed E-state index contributed by atoms with van der Waals surface area (Å²) in [4.78, 5) is 24.2. The van der Waals surface area contributed by atoms with Gasteiger partial charge in [0.1, 0.15) is 0 Å². The molecule has 4 nitrogen and oxygen atoms in total. The maximum Gasteiger partial charge on any atom is 0.337 e. The molecule has 2 aromatic rings. The van der Waals surface area contributed by atoms with Gasteiger partial charge in [0, 0.05) is 9.79 Å². The molecule has 2 rings (SSSR count). The average molecular weight is 316 g/mol. The second kappa shape index (κ2) is 7.13. The lowest BCUT2D eigenvalue weighted by Gasteiger charge is -2.08. The van der Waals surface area contributed by atoms with Gasteiger partial charge in [-0.1, -0.05) is 23.9 Å². The molecule has 0 saturated carbocycles. The van der Waals surface area contributed by atoms with Crippen molar-refractivity contribution in [1.29, 1.82) is 0 Å². The maximum absolute atomic E-state index is 11.5. The normalized spacial score (nSPS) is 10.3. The Hall–Kier alpha value is -2.27. The van der Waals surface area contributed by atoms with Crippen LogP contribution < -0.4 is 0 Å². The molecule has 1 N–H and O–H groups in total. The zero-order chi connectivity index (χ0) is 16.1. The Labute approximate surface area is 133 Å². The number of methoxy groups -OCH3 is 1. The Morgan fingerprint density at radius 3 is 2.36 bits per heavy atom. The highest BCUT2D eigenvalue weighted by Gasteiger charge is 2.09. The van der Waals surface area contributed by atoms with Gasteiger partial charge < -0.3 is 9.84 Å². The number of rotatable bonds is 5. The van der Waals surface area contributed by atoms with Gasteiger partial charge in [0.25, 0.3) is 0 Å². The lowest BCUT2D eigenvalue weighted by molar-refractivity contribution is -0.136. The van der Waals surface area contributed by atoms with Crippen LogP contribution in [-0.4, -0.2) is 24.2 Å². The molecule has 5 heteroatoms. The molecule has 0 atom stereocenters. The van der Waals surface area contributed by atoms with Crippen LogP contribution in [0, 0.1) is 6.92 Å². The van der Waals surface area contributed by atoms with E-state index in [1.807, 2.05) is 37.3 Å².